The maximum atomic E-state index is 8.70. The van der Waals surface area contributed by atoms with Crippen molar-refractivity contribution in [3.05, 3.63) is 17.8 Å². The summed E-state index contributed by atoms with van der Waals surface area (Å²) in [6, 6.07) is 1.91. The van der Waals surface area contributed by atoms with E-state index in [0.717, 1.165) is 0 Å². The highest BCUT2D eigenvalue weighted by Crippen LogP contribution is 2.18. The van der Waals surface area contributed by atoms with Crippen LogP contribution in [-0.2, 0) is 6.42 Å². The first-order chi connectivity index (χ1) is 6.85. The predicted octanol–water partition coefficient (Wildman–Crippen LogP) is 0.894. The first-order valence-electron chi connectivity index (χ1n) is 4.10. The third-order valence-corrected chi connectivity index (χ3v) is 1.75. The minimum absolute atomic E-state index is 0.223. The van der Waals surface area contributed by atoms with Gasteiger partial charge in [0.25, 0.3) is 0 Å². The van der Waals surface area contributed by atoms with E-state index in [-0.39, 0.29) is 5.69 Å². The van der Waals surface area contributed by atoms with E-state index >= 15 is 0 Å². The summed E-state index contributed by atoms with van der Waals surface area (Å²) in [5, 5.41) is 18.6. The highest BCUT2D eigenvalue weighted by atomic mass is 16.3. The number of aromatic amines is 1. The van der Waals surface area contributed by atoms with Crippen molar-refractivity contribution in [3.8, 4) is 17.5 Å². The van der Waals surface area contributed by atoms with Crippen molar-refractivity contribution in [1.29, 1.82) is 5.26 Å². The molecule has 1 N–H and O–H groups in total. The van der Waals surface area contributed by atoms with Crippen LogP contribution in [0.4, 0.5) is 0 Å². The van der Waals surface area contributed by atoms with Gasteiger partial charge in [0.1, 0.15) is 18.0 Å². The van der Waals surface area contributed by atoms with Crippen molar-refractivity contribution in [3.63, 3.8) is 0 Å². The molecule has 0 saturated heterocycles. The van der Waals surface area contributed by atoms with Crippen molar-refractivity contribution in [2.24, 2.45) is 0 Å². The van der Waals surface area contributed by atoms with E-state index < -0.39 is 0 Å². The summed E-state index contributed by atoms with van der Waals surface area (Å²) in [7, 11) is 0. The number of nitrogens with zero attached hydrogens (tertiary/aromatic N) is 4. The summed E-state index contributed by atoms with van der Waals surface area (Å²) in [5.41, 5.74) is 1.18. The van der Waals surface area contributed by atoms with Gasteiger partial charge in [0.2, 0.25) is 0 Å². The molecule has 2 aromatic rings. The fourth-order valence-electron chi connectivity index (χ4n) is 1.07. The zero-order chi connectivity index (χ0) is 9.97. The molecule has 0 radical (unpaired) electrons. The predicted molar refractivity (Wildman–Crippen MR) is 46.0 cm³/mol. The maximum Gasteiger partial charge on any atom is 0.194 e. The number of nitriles is 1. The van der Waals surface area contributed by atoms with Gasteiger partial charge in [0.05, 0.1) is 0 Å². The van der Waals surface area contributed by atoms with Gasteiger partial charge in [-0.2, -0.15) is 15.6 Å². The summed E-state index contributed by atoms with van der Waals surface area (Å²) < 4.78 is 5.13. The van der Waals surface area contributed by atoms with Crippen LogP contribution in [0.1, 0.15) is 18.5 Å². The Morgan fingerprint density at radius 2 is 2.43 bits per heavy atom. The van der Waals surface area contributed by atoms with E-state index in [1.165, 1.54) is 6.26 Å². The average molecular weight is 189 g/mol. The van der Waals surface area contributed by atoms with Crippen LogP contribution in [0.5, 0.6) is 0 Å². The molecule has 0 aliphatic heterocycles. The SMILES string of the molecule is CCc1nc(-c2n[nH]nc2C#N)co1. The third-order valence-electron chi connectivity index (χ3n) is 1.75. The number of nitrogens with one attached hydrogen (secondary N) is 1. The molecule has 0 saturated carbocycles. The maximum absolute atomic E-state index is 8.70. The lowest BCUT2D eigenvalue weighted by Gasteiger charge is -1.84. The molecular formula is C8H7N5O. The molecule has 0 atom stereocenters. The van der Waals surface area contributed by atoms with E-state index in [9.17, 15) is 0 Å². The van der Waals surface area contributed by atoms with E-state index in [4.69, 9.17) is 9.68 Å². The topological polar surface area (TPSA) is 91.4 Å². The molecule has 70 valence electrons. The lowest BCUT2D eigenvalue weighted by Crippen LogP contribution is -1.84. The van der Waals surface area contributed by atoms with Crippen LogP contribution < -0.4 is 0 Å². The number of hydrogen-bond donors (Lipinski definition) is 1. The van der Waals surface area contributed by atoms with E-state index in [1.807, 2.05) is 13.0 Å². The molecule has 2 aromatic heterocycles. The molecule has 2 heterocycles. The van der Waals surface area contributed by atoms with E-state index in [0.29, 0.717) is 23.7 Å². The van der Waals surface area contributed by atoms with Gasteiger partial charge < -0.3 is 4.42 Å². The average Bonchev–Trinajstić information content (AvgIpc) is 2.85. The fraction of sp³-hybridized carbons (Fsp3) is 0.250. The number of H-pyrrole nitrogens is 1. The molecule has 6 heteroatoms. The van der Waals surface area contributed by atoms with Crippen molar-refractivity contribution < 1.29 is 4.42 Å². The highest BCUT2D eigenvalue weighted by molar-refractivity contribution is 5.58. The van der Waals surface area contributed by atoms with Gasteiger partial charge in [-0.25, -0.2) is 4.98 Å². The molecule has 0 aliphatic carbocycles. The second-order valence-corrected chi connectivity index (χ2v) is 2.61. The fourth-order valence-corrected chi connectivity index (χ4v) is 1.07. The minimum atomic E-state index is 0.223. The molecule has 0 amide bonds. The van der Waals surface area contributed by atoms with Crippen LogP contribution in [0.2, 0.25) is 0 Å². The molecule has 0 bridgehead atoms. The Bertz CT molecular complexity index is 478. The van der Waals surface area contributed by atoms with Gasteiger partial charge in [0, 0.05) is 6.42 Å². The lowest BCUT2D eigenvalue weighted by molar-refractivity contribution is 0.502. The summed E-state index contributed by atoms with van der Waals surface area (Å²) in [6.45, 7) is 1.93. The Morgan fingerprint density at radius 1 is 1.57 bits per heavy atom. The standard InChI is InChI=1S/C8H7N5O/c1-2-7-10-6(4-14-7)8-5(3-9)11-13-12-8/h4H,2H2,1H3,(H,11,12,13). The van der Waals surface area contributed by atoms with E-state index in [2.05, 4.69) is 20.4 Å². The molecule has 0 fully saturated rings. The van der Waals surface area contributed by atoms with Gasteiger partial charge in [-0.05, 0) is 0 Å². The molecule has 0 spiro atoms. The number of oxazole rings is 1. The number of rotatable bonds is 2. The first kappa shape index (κ1) is 8.44. The van der Waals surface area contributed by atoms with Crippen molar-refractivity contribution in [2.75, 3.05) is 0 Å². The van der Waals surface area contributed by atoms with E-state index in [1.54, 1.807) is 0 Å². The summed E-state index contributed by atoms with van der Waals surface area (Å²) in [5.74, 6) is 0.617. The monoisotopic (exact) mass is 189 g/mol. The Kier molecular flexibility index (Phi) is 1.99. The summed E-state index contributed by atoms with van der Waals surface area (Å²) in [6.07, 6.45) is 2.18. The van der Waals surface area contributed by atoms with Crippen molar-refractivity contribution in [2.45, 2.75) is 13.3 Å². The molecule has 2 rings (SSSR count). The number of aryl methyl sites for hydroxylation is 1. The zero-order valence-corrected chi connectivity index (χ0v) is 7.48. The second kappa shape index (κ2) is 3.30. The van der Waals surface area contributed by atoms with Gasteiger partial charge in [-0.1, -0.05) is 6.92 Å². The van der Waals surface area contributed by atoms with Crippen LogP contribution in [-0.4, -0.2) is 20.4 Å². The van der Waals surface area contributed by atoms with Crippen molar-refractivity contribution >= 4 is 0 Å². The minimum Gasteiger partial charge on any atom is -0.448 e. The lowest BCUT2D eigenvalue weighted by atomic mass is 10.3. The zero-order valence-electron chi connectivity index (χ0n) is 7.48. The molecule has 14 heavy (non-hydrogen) atoms. The van der Waals surface area contributed by atoms with Gasteiger partial charge >= 0.3 is 0 Å². The van der Waals surface area contributed by atoms with Crippen LogP contribution >= 0.6 is 0 Å². The molecule has 0 aromatic carbocycles. The number of hydrogen-bond acceptors (Lipinski definition) is 5. The summed E-state index contributed by atoms with van der Waals surface area (Å²) >= 11 is 0. The Morgan fingerprint density at radius 3 is 3.07 bits per heavy atom. The number of aromatic nitrogens is 4. The third kappa shape index (κ3) is 1.25. The van der Waals surface area contributed by atoms with Crippen LogP contribution in [0.3, 0.4) is 0 Å². The second-order valence-electron chi connectivity index (χ2n) is 2.61. The van der Waals surface area contributed by atoms with Crippen LogP contribution in [0, 0.1) is 11.3 Å². The van der Waals surface area contributed by atoms with Gasteiger partial charge in [-0.15, -0.1) is 5.10 Å². The highest BCUT2D eigenvalue weighted by Gasteiger charge is 2.13. The molecule has 0 unspecified atom stereocenters. The van der Waals surface area contributed by atoms with Gasteiger partial charge in [0.15, 0.2) is 17.3 Å². The van der Waals surface area contributed by atoms with Crippen molar-refractivity contribution in [1.82, 2.24) is 20.4 Å². The van der Waals surface area contributed by atoms with Crippen LogP contribution in [0.15, 0.2) is 10.7 Å². The van der Waals surface area contributed by atoms with Crippen LogP contribution in [0.25, 0.3) is 11.4 Å². The van der Waals surface area contributed by atoms with Gasteiger partial charge in [-0.3, -0.25) is 0 Å². The Labute approximate surface area is 79.6 Å². The largest absolute Gasteiger partial charge is 0.448 e. The molecule has 0 aliphatic rings. The quantitative estimate of drug-likeness (QED) is 0.757. The smallest absolute Gasteiger partial charge is 0.194 e. The summed E-state index contributed by atoms with van der Waals surface area (Å²) in [4.78, 5) is 4.14. The first-order valence-corrected chi connectivity index (χ1v) is 4.10. The molecular weight excluding hydrogens is 182 g/mol. The molecule has 6 nitrogen and oxygen atoms in total. The Hall–Kier alpha value is -2.16. The normalized spacial score (nSPS) is 10.0. The Balaban J connectivity index is 2.45.